The van der Waals surface area contributed by atoms with Crippen molar-refractivity contribution >= 4 is 34.8 Å². The molecule has 0 saturated heterocycles. The minimum absolute atomic E-state index is 0.0809. The predicted octanol–water partition coefficient (Wildman–Crippen LogP) is 4.10. The first-order valence-electron chi connectivity index (χ1n) is 6.37. The van der Waals surface area contributed by atoms with Gasteiger partial charge in [-0.25, -0.2) is 0 Å². The van der Waals surface area contributed by atoms with E-state index < -0.39 is 0 Å². The van der Waals surface area contributed by atoms with Gasteiger partial charge in [-0.05, 0) is 42.3 Å². The highest BCUT2D eigenvalue weighted by Crippen LogP contribution is 2.22. The maximum atomic E-state index is 6.16. The van der Waals surface area contributed by atoms with Gasteiger partial charge in [0.15, 0.2) is 0 Å². The van der Waals surface area contributed by atoms with Crippen molar-refractivity contribution in [1.82, 2.24) is 5.43 Å². The van der Waals surface area contributed by atoms with E-state index in [0.717, 1.165) is 5.56 Å². The Bertz CT molecular complexity index is 607. The zero-order chi connectivity index (χ0) is 15.2. The average molecular weight is 346 g/mol. The van der Waals surface area contributed by atoms with Crippen LogP contribution >= 0.6 is 34.8 Å². The van der Waals surface area contributed by atoms with E-state index in [-0.39, 0.29) is 6.04 Å². The third-order valence-electron chi connectivity index (χ3n) is 2.96. The zero-order valence-corrected chi connectivity index (χ0v) is 13.4. The van der Waals surface area contributed by atoms with Crippen molar-refractivity contribution in [1.29, 1.82) is 0 Å². The van der Waals surface area contributed by atoms with E-state index in [9.17, 15) is 0 Å². The quantitative estimate of drug-likeness (QED) is 0.612. The Labute approximate surface area is 138 Å². The lowest BCUT2D eigenvalue weighted by atomic mass is 10.1. The fourth-order valence-electron chi connectivity index (χ4n) is 1.87. The minimum atomic E-state index is -0.0809. The monoisotopic (exact) mass is 344 g/mol. The molecule has 0 heterocycles. The van der Waals surface area contributed by atoms with E-state index in [2.05, 4.69) is 5.43 Å². The van der Waals surface area contributed by atoms with Crippen LogP contribution in [0, 0.1) is 0 Å². The van der Waals surface area contributed by atoms with Gasteiger partial charge in [0.05, 0.1) is 6.04 Å². The second-order valence-corrected chi connectivity index (χ2v) is 5.85. The second kappa shape index (κ2) is 7.87. The molecule has 21 heavy (non-hydrogen) atoms. The normalized spacial score (nSPS) is 12.2. The van der Waals surface area contributed by atoms with E-state index in [1.807, 2.05) is 18.2 Å². The molecule has 0 aromatic heterocycles. The summed E-state index contributed by atoms with van der Waals surface area (Å²) in [6, 6.07) is 12.5. The number of hydrazine groups is 1. The Kier molecular flexibility index (Phi) is 6.15. The molecule has 0 amide bonds. The van der Waals surface area contributed by atoms with E-state index in [0.29, 0.717) is 33.8 Å². The summed E-state index contributed by atoms with van der Waals surface area (Å²) in [6.45, 7) is 0.399. The van der Waals surface area contributed by atoms with Gasteiger partial charge in [-0.15, -0.1) is 0 Å². The topological polar surface area (TPSA) is 47.3 Å². The van der Waals surface area contributed by atoms with Crippen LogP contribution in [-0.2, 0) is 6.42 Å². The Morgan fingerprint density at radius 2 is 1.81 bits per heavy atom. The van der Waals surface area contributed by atoms with Crippen molar-refractivity contribution < 1.29 is 4.74 Å². The number of benzene rings is 2. The molecular formula is C15H15Cl3N2O. The lowest BCUT2D eigenvalue weighted by molar-refractivity contribution is 0.264. The molecule has 2 aromatic carbocycles. The van der Waals surface area contributed by atoms with Gasteiger partial charge in [0.2, 0.25) is 0 Å². The van der Waals surface area contributed by atoms with Gasteiger partial charge < -0.3 is 4.74 Å². The Morgan fingerprint density at radius 3 is 2.48 bits per heavy atom. The molecule has 112 valence electrons. The van der Waals surface area contributed by atoms with Crippen molar-refractivity contribution in [2.45, 2.75) is 12.5 Å². The molecule has 1 atom stereocenters. The van der Waals surface area contributed by atoms with Crippen LogP contribution in [0.4, 0.5) is 0 Å². The van der Waals surface area contributed by atoms with Crippen molar-refractivity contribution in [2.24, 2.45) is 5.84 Å². The first-order valence-corrected chi connectivity index (χ1v) is 7.50. The zero-order valence-electron chi connectivity index (χ0n) is 11.2. The van der Waals surface area contributed by atoms with Crippen LogP contribution in [0.1, 0.15) is 5.56 Å². The Morgan fingerprint density at radius 1 is 1.05 bits per heavy atom. The van der Waals surface area contributed by atoms with Gasteiger partial charge in [0.1, 0.15) is 12.4 Å². The van der Waals surface area contributed by atoms with E-state index in [1.165, 1.54) is 0 Å². The molecule has 2 rings (SSSR count). The van der Waals surface area contributed by atoms with Crippen LogP contribution in [0.15, 0.2) is 42.5 Å². The molecule has 0 aliphatic heterocycles. The largest absolute Gasteiger partial charge is 0.492 e. The molecule has 0 fully saturated rings. The highest BCUT2D eigenvalue weighted by molar-refractivity contribution is 6.35. The fourth-order valence-corrected chi connectivity index (χ4v) is 2.54. The highest BCUT2D eigenvalue weighted by atomic mass is 35.5. The third kappa shape index (κ3) is 5.06. The summed E-state index contributed by atoms with van der Waals surface area (Å²) >= 11 is 17.9. The fraction of sp³-hybridized carbons (Fsp3) is 0.200. The number of rotatable bonds is 6. The van der Waals surface area contributed by atoms with Crippen LogP contribution in [0.5, 0.6) is 5.75 Å². The number of nitrogens with one attached hydrogen (secondary N) is 1. The minimum Gasteiger partial charge on any atom is -0.492 e. The van der Waals surface area contributed by atoms with E-state index in [1.54, 1.807) is 24.3 Å². The molecule has 6 heteroatoms. The number of nitrogens with two attached hydrogens (primary N) is 1. The molecule has 0 aliphatic carbocycles. The third-order valence-corrected chi connectivity index (χ3v) is 3.79. The SMILES string of the molecule is NNC(COc1cccc(Cl)c1)Cc1ccc(Cl)cc1Cl. The Balaban J connectivity index is 1.97. The summed E-state index contributed by atoms with van der Waals surface area (Å²) in [5, 5.41) is 1.85. The molecule has 1 unspecified atom stereocenters. The van der Waals surface area contributed by atoms with Crippen LogP contribution in [-0.4, -0.2) is 12.6 Å². The standard InChI is InChI=1S/C15H15Cl3N2O/c16-11-2-1-3-14(7-11)21-9-13(20-19)6-10-4-5-12(17)8-15(10)18/h1-5,7-8,13,20H,6,9,19H2. The lowest BCUT2D eigenvalue weighted by Gasteiger charge is -2.17. The second-order valence-electron chi connectivity index (χ2n) is 4.57. The van der Waals surface area contributed by atoms with E-state index >= 15 is 0 Å². The van der Waals surface area contributed by atoms with Crippen molar-refractivity contribution in [3.05, 3.63) is 63.1 Å². The molecule has 2 aromatic rings. The summed E-state index contributed by atoms with van der Waals surface area (Å²) in [4.78, 5) is 0. The first kappa shape index (κ1) is 16.4. The summed E-state index contributed by atoms with van der Waals surface area (Å²) < 4.78 is 5.68. The smallest absolute Gasteiger partial charge is 0.120 e. The molecular weight excluding hydrogens is 331 g/mol. The van der Waals surface area contributed by atoms with Gasteiger partial charge in [0.25, 0.3) is 0 Å². The van der Waals surface area contributed by atoms with Crippen molar-refractivity contribution in [2.75, 3.05) is 6.61 Å². The number of hydrogen-bond donors (Lipinski definition) is 2. The maximum absolute atomic E-state index is 6.16. The van der Waals surface area contributed by atoms with Gasteiger partial charge >= 0.3 is 0 Å². The molecule has 0 aliphatic rings. The average Bonchev–Trinajstić information content (AvgIpc) is 2.45. The highest BCUT2D eigenvalue weighted by Gasteiger charge is 2.11. The molecule has 3 N–H and O–H groups in total. The summed E-state index contributed by atoms with van der Waals surface area (Å²) in [7, 11) is 0. The molecule has 0 radical (unpaired) electrons. The van der Waals surface area contributed by atoms with Crippen molar-refractivity contribution in [3.63, 3.8) is 0 Å². The molecule has 0 bridgehead atoms. The molecule has 3 nitrogen and oxygen atoms in total. The van der Waals surface area contributed by atoms with Crippen LogP contribution in [0.3, 0.4) is 0 Å². The predicted molar refractivity (Wildman–Crippen MR) is 88.2 cm³/mol. The number of halogens is 3. The van der Waals surface area contributed by atoms with Gasteiger partial charge in [-0.1, -0.05) is 46.9 Å². The number of ether oxygens (including phenoxy) is 1. The number of hydrogen-bond acceptors (Lipinski definition) is 3. The first-order chi connectivity index (χ1) is 10.1. The van der Waals surface area contributed by atoms with Gasteiger partial charge in [-0.2, -0.15) is 0 Å². The Hall–Kier alpha value is -0.970. The van der Waals surface area contributed by atoms with Crippen LogP contribution in [0.25, 0.3) is 0 Å². The molecule has 0 spiro atoms. The lowest BCUT2D eigenvalue weighted by Crippen LogP contribution is -2.41. The van der Waals surface area contributed by atoms with Gasteiger partial charge in [0, 0.05) is 15.1 Å². The maximum Gasteiger partial charge on any atom is 0.120 e. The summed E-state index contributed by atoms with van der Waals surface area (Å²) in [6.07, 6.45) is 0.632. The molecule has 0 saturated carbocycles. The van der Waals surface area contributed by atoms with Crippen LogP contribution in [0.2, 0.25) is 15.1 Å². The summed E-state index contributed by atoms with van der Waals surface area (Å²) in [5.41, 5.74) is 3.68. The van der Waals surface area contributed by atoms with Crippen molar-refractivity contribution in [3.8, 4) is 5.75 Å². The van der Waals surface area contributed by atoms with Crippen LogP contribution < -0.4 is 16.0 Å². The summed E-state index contributed by atoms with van der Waals surface area (Å²) in [5.74, 6) is 6.27. The van der Waals surface area contributed by atoms with E-state index in [4.69, 9.17) is 45.4 Å². The van der Waals surface area contributed by atoms with Gasteiger partial charge in [-0.3, -0.25) is 11.3 Å².